The average Bonchev–Trinajstić information content (AvgIpc) is 2.88. The molecule has 0 saturated heterocycles. The summed E-state index contributed by atoms with van der Waals surface area (Å²) in [5.41, 5.74) is 4.59. The Labute approximate surface area is 132 Å². The van der Waals surface area contributed by atoms with Gasteiger partial charge in [0, 0.05) is 11.4 Å². The van der Waals surface area contributed by atoms with Crippen molar-refractivity contribution in [1.29, 1.82) is 0 Å². The predicted octanol–water partition coefficient (Wildman–Crippen LogP) is 4.41. The van der Waals surface area contributed by atoms with Crippen LogP contribution < -0.4 is 5.32 Å². The van der Waals surface area contributed by atoms with Crippen molar-refractivity contribution >= 4 is 11.3 Å². The van der Waals surface area contributed by atoms with Gasteiger partial charge in [-0.3, -0.25) is 0 Å². The lowest BCUT2D eigenvalue weighted by atomic mass is 9.93. The topological polar surface area (TPSA) is 24.9 Å². The van der Waals surface area contributed by atoms with Crippen LogP contribution >= 0.6 is 11.3 Å². The number of benzene rings is 1. The standard InChI is InChI=1S/C18H26N2S/c1-14(2)11-19-12-17(16-7-5-4-6-8-16)9-10-18-15(3)20-13-21-18/h4-8,13-14,17,19H,9-12H2,1-3H3. The fraction of sp³-hybridized carbons (Fsp3) is 0.500. The summed E-state index contributed by atoms with van der Waals surface area (Å²) in [7, 11) is 0. The van der Waals surface area contributed by atoms with Gasteiger partial charge in [0.25, 0.3) is 0 Å². The lowest BCUT2D eigenvalue weighted by Gasteiger charge is -2.19. The van der Waals surface area contributed by atoms with Crippen LogP contribution in [0, 0.1) is 12.8 Å². The molecular formula is C18H26N2S. The largest absolute Gasteiger partial charge is 0.316 e. The second-order valence-corrected chi connectivity index (χ2v) is 7.00. The fourth-order valence-electron chi connectivity index (χ4n) is 2.53. The number of hydrogen-bond donors (Lipinski definition) is 1. The third-order valence-electron chi connectivity index (χ3n) is 3.78. The molecule has 1 aromatic carbocycles. The van der Waals surface area contributed by atoms with E-state index in [0.29, 0.717) is 11.8 Å². The van der Waals surface area contributed by atoms with Crippen molar-refractivity contribution in [2.45, 2.75) is 39.5 Å². The molecule has 2 aromatic rings. The Morgan fingerprint density at radius 2 is 1.90 bits per heavy atom. The number of hydrogen-bond acceptors (Lipinski definition) is 3. The van der Waals surface area contributed by atoms with E-state index in [1.165, 1.54) is 22.6 Å². The highest BCUT2D eigenvalue weighted by molar-refractivity contribution is 7.09. The maximum absolute atomic E-state index is 4.36. The maximum Gasteiger partial charge on any atom is 0.0797 e. The van der Waals surface area contributed by atoms with Gasteiger partial charge in [0.15, 0.2) is 0 Å². The van der Waals surface area contributed by atoms with Crippen LogP contribution in [0.15, 0.2) is 35.8 Å². The lowest BCUT2D eigenvalue weighted by Crippen LogP contribution is -2.25. The van der Waals surface area contributed by atoms with Gasteiger partial charge < -0.3 is 5.32 Å². The van der Waals surface area contributed by atoms with E-state index in [9.17, 15) is 0 Å². The van der Waals surface area contributed by atoms with Crippen molar-refractivity contribution in [1.82, 2.24) is 10.3 Å². The molecule has 2 nitrogen and oxygen atoms in total. The van der Waals surface area contributed by atoms with E-state index in [4.69, 9.17) is 0 Å². The summed E-state index contributed by atoms with van der Waals surface area (Å²) in [6, 6.07) is 10.9. The quantitative estimate of drug-likeness (QED) is 0.781. The van der Waals surface area contributed by atoms with Crippen LogP contribution in [-0.2, 0) is 6.42 Å². The predicted molar refractivity (Wildman–Crippen MR) is 92.1 cm³/mol. The Bertz CT molecular complexity index is 519. The number of aromatic nitrogens is 1. The van der Waals surface area contributed by atoms with Crippen molar-refractivity contribution in [3.8, 4) is 0 Å². The van der Waals surface area contributed by atoms with Gasteiger partial charge >= 0.3 is 0 Å². The van der Waals surface area contributed by atoms with Gasteiger partial charge in [-0.2, -0.15) is 0 Å². The molecule has 0 radical (unpaired) electrons. The van der Waals surface area contributed by atoms with Gasteiger partial charge in [-0.25, -0.2) is 4.98 Å². The molecule has 114 valence electrons. The molecule has 1 atom stereocenters. The summed E-state index contributed by atoms with van der Waals surface area (Å²) in [6.45, 7) is 8.76. The van der Waals surface area contributed by atoms with Gasteiger partial charge in [0.1, 0.15) is 0 Å². The molecule has 0 fully saturated rings. The smallest absolute Gasteiger partial charge is 0.0797 e. The molecule has 21 heavy (non-hydrogen) atoms. The first-order valence-corrected chi connectivity index (χ1v) is 8.69. The van der Waals surface area contributed by atoms with Crippen molar-refractivity contribution in [2.24, 2.45) is 5.92 Å². The van der Waals surface area contributed by atoms with Crippen LogP contribution in [0.25, 0.3) is 0 Å². The van der Waals surface area contributed by atoms with Crippen molar-refractivity contribution in [3.63, 3.8) is 0 Å². The number of thiazole rings is 1. The Kier molecular flexibility index (Phi) is 6.40. The molecule has 0 amide bonds. The van der Waals surface area contributed by atoms with E-state index in [1.807, 2.05) is 5.51 Å². The Balaban J connectivity index is 1.96. The van der Waals surface area contributed by atoms with E-state index in [2.05, 4.69) is 61.4 Å². The molecule has 2 rings (SSSR count). The van der Waals surface area contributed by atoms with Crippen molar-refractivity contribution < 1.29 is 0 Å². The van der Waals surface area contributed by atoms with E-state index < -0.39 is 0 Å². The zero-order chi connectivity index (χ0) is 15.1. The zero-order valence-corrected chi connectivity index (χ0v) is 14.1. The van der Waals surface area contributed by atoms with Crippen LogP contribution in [0.1, 0.15) is 42.3 Å². The van der Waals surface area contributed by atoms with Crippen LogP contribution in [0.2, 0.25) is 0 Å². The van der Waals surface area contributed by atoms with E-state index in [0.717, 1.165) is 19.5 Å². The summed E-state index contributed by atoms with van der Waals surface area (Å²) < 4.78 is 0. The highest BCUT2D eigenvalue weighted by atomic mass is 32.1. The molecule has 0 aliphatic heterocycles. The van der Waals surface area contributed by atoms with Gasteiger partial charge in [-0.05, 0) is 43.7 Å². The number of aryl methyl sites for hydroxylation is 2. The van der Waals surface area contributed by atoms with Gasteiger partial charge in [0.2, 0.25) is 0 Å². The minimum Gasteiger partial charge on any atom is -0.316 e. The molecular weight excluding hydrogens is 276 g/mol. The summed E-state index contributed by atoms with van der Waals surface area (Å²) in [6.07, 6.45) is 2.30. The van der Waals surface area contributed by atoms with Gasteiger partial charge in [0.05, 0.1) is 11.2 Å². The van der Waals surface area contributed by atoms with Crippen molar-refractivity contribution in [3.05, 3.63) is 52.0 Å². The number of nitrogens with one attached hydrogen (secondary N) is 1. The highest BCUT2D eigenvalue weighted by Gasteiger charge is 2.13. The minimum absolute atomic E-state index is 0.575. The summed E-state index contributed by atoms with van der Waals surface area (Å²) >= 11 is 1.78. The minimum atomic E-state index is 0.575. The van der Waals surface area contributed by atoms with Crippen LogP contribution in [0.4, 0.5) is 0 Å². The third kappa shape index (κ3) is 5.25. The summed E-state index contributed by atoms with van der Waals surface area (Å²) in [4.78, 5) is 5.79. The summed E-state index contributed by atoms with van der Waals surface area (Å²) in [5, 5.41) is 3.62. The normalized spacial score (nSPS) is 12.8. The molecule has 0 aliphatic carbocycles. The lowest BCUT2D eigenvalue weighted by molar-refractivity contribution is 0.501. The Morgan fingerprint density at radius 3 is 2.52 bits per heavy atom. The van der Waals surface area contributed by atoms with E-state index in [1.54, 1.807) is 11.3 Å². The SMILES string of the molecule is Cc1ncsc1CCC(CNCC(C)C)c1ccccc1. The second kappa shape index (κ2) is 8.30. The number of rotatable bonds is 8. The third-order valence-corrected chi connectivity index (χ3v) is 4.77. The van der Waals surface area contributed by atoms with Crippen LogP contribution in [0.5, 0.6) is 0 Å². The van der Waals surface area contributed by atoms with Gasteiger partial charge in [-0.15, -0.1) is 11.3 Å². The monoisotopic (exact) mass is 302 g/mol. The summed E-state index contributed by atoms with van der Waals surface area (Å²) in [5.74, 6) is 1.27. The Hall–Kier alpha value is -1.19. The fourth-order valence-corrected chi connectivity index (χ4v) is 3.33. The molecule has 1 N–H and O–H groups in total. The molecule has 1 heterocycles. The maximum atomic E-state index is 4.36. The Morgan fingerprint density at radius 1 is 1.14 bits per heavy atom. The first kappa shape index (κ1) is 16.2. The average molecular weight is 302 g/mol. The van der Waals surface area contributed by atoms with Crippen LogP contribution in [0.3, 0.4) is 0 Å². The zero-order valence-electron chi connectivity index (χ0n) is 13.3. The molecule has 1 unspecified atom stereocenters. The van der Waals surface area contributed by atoms with Gasteiger partial charge in [-0.1, -0.05) is 44.2 Å². The molecule has 0 aliphatic rings. The molecule has 1 aromatic heterocycles. The van der Waals surface area contributed by atoms with Crippen LogP contribution in [-0.4, -0.2) is 18.1 Å². The molecule has 0 spiro atoms. The molecule has 0 bridgehead atoms. The number of nitrogens with zero attached hydrogens (tertiary/aromatic N) is 1. The second-order valence-electron chi connectivity index (χ2n) is 6.06. The first-order chi connectivity index (χ1) is 10.2. The van der Waals surface area contributed by atoms with E-state index in [-0.39, 0.29) is 0 Å². The molecule has 0 saturated carbocycles. The highest BCUT2D eigenvalue weighted by Crippen LogP contribution is 2.23. The first-order valence-electron chi connectivity index (χ1n) is 7.81. The van der Waals surface area contributed by atoms with E-state index >= 15 is 0 Å². The van der Waals surface area contributed by atoms with Crippen molar-refractivity contribution in [2.75, 3.05) is 13.1 Å². The molecule has 3 heteroatoms.